The van der Waals surface area contributed by atoms with Crippen LogP contribution in [0.5, 0.6) is 0 Å². The summed E-state index contributed by atoms with van der Waals surface area (Å²) in [6.07, 6.45) is 11.4. The van der Waals surface area contributed by atoms with Gasteiger partial charge in [0.25, 0.3) is 0 Å². The van der Waals surface area contributed by atoms with Crippen molar-refractivity contribution >= 4 is 21.7 Å². The molecule has 2 saturated carbocycles. The molecule has 1 aromatic carbocycles. The highest BCUT2D eigenvalue weighted by atomic mass is 32.2. The lowest BCUT2D eigenvalue weighted by molar-refractivity contribution is 0.138. The van der Waals surface area contributed by atoms with Crippen molar-refractivity contribution in [3.8, 4) is 0 Å². The first-order valence-electron chi connectivity index (χ1n) is 11.1. The maximum atomic E-state index is 13.0. The van der Waals surface area contributed by atoms with E-state index in [1.165, 1.54) is 25.7 Å². The summed E-state index contributed by atoms with van der Waals surface area (Å²) in [6.45, 7) is 0.361. The molecule has 2 fully saturated rings. The Labute approximate surface area is 184 Å². The van der Waals surface area contributed by atoms with E-state index in [4.69, 9.17) is 0 Å². The number of nitrogens with one attached hydrogen (secondary N) is 3. The second-order valence-corrected chi connectivity index (χ2v) is 10.3. The minimum Gasteiger partial charge on any atom is -0.334 e. The topological polar surface area (TPSA) is 100 Å². The largest absolute Gasteiger partial charge is 0.334 e. The van der Waals surface area contributed by atoms with Crippen LogP contribution in [0.15, 0.2) is 53.7 Å². The molecular weight excluding hydrogens is 412 g/mol. The zero-order valence-corrected chi connectivity index (χ0v) is 18.4. The number of benzene rings is 1. The summed E-state index contributed by atoms with van der Waals surface area (Å²) in [5, 5.41) is 5.48. The lowest BCUT2D eigenvalue weighted by Gasteiger charge is -2.41. The van der Waals surface area contributed by atoms with Gasteiger partial charge in [0, 0.05) is 30.7 Å². The van der Waals surface area contributed by atoms with Gasteiger partial charge in [0.05, 0.1) is 4.90 Å². The molecule has 2 aromatic rings. The van der Waals surface area contributed by atoms with Crippen molar-refractivity contribution in [3.63, 3.8) is 0 Å². The molecule has 3 unspecified atom stereocenters. The highest BCUT2D eigenvalue weighted by Gasteiger charge is 2.36. The third-order valence-corrected chi connectivity index (χ3v) is 7.99. The predicted octanol–water partition coefficient (Wildman–Crippen LogP) is 4.04. The molecule has 8 heteroatoms. The van der Waals surface area contributed by atoms with Crippen LogP contribution >= 0.6 is 0 Å². The standard InChI is InChI=1S/C23H30N4O3S/c28-23(25-16-17-5-4-14-24-15-17)26-19-10-12-20(13-11-19)31(29,30)27-22-9-3-7-18-6-1-2-8-21(18)22/h4-5,10-15,18,21-22,27H,1-3,6-9,16H2,(H2,25,26,28). The van der Waals surface area contributed by atoms with Gasteiger partial charge >= 0.3 is 6.03 Å². The van der Waals surface area contributed by atoms with Crippen molar-refractivity contribution in [2.45, 2.75) is 62.4 Å². The summed E-state index contributed by atoms with van der Waals surface area (Å²) in [6, 6.07) is 9.67. The maximum absolute atomic E-state index is 13.0. The smallest absolute Gasteiger partial charge is 0.319 e. The highest BCUT2D eigenvalue weighted by molar-refractivity contribution is 7.89. The van der Waals surface area contributed by atoms with Gasteiger partial charge in [-0.2, -0.15) is 0 Å². The molecule has 0 bridgehead atoms. The van der Waals surface area contributed by atoms with E-state index in [2.05, 4.69) is 20.3 Å². The molecule has 2 aliphatic rings. The van der Waals surface area contributed by atoms with Crippen molar-refractivity contribution < 1.29 is 13.2 Å². The first kappa shape index (κ1) is 21.8. The fourth-order valence-corrected chi connectivity index (χ4v) is 6.25. The quantitative estimate of drug-likeness (QED) is 0.628. The monoisotopic (exact) mass is 442 g/mol. The molecule has 3 atom stereocenters. The van der Waals surface area contributed by atoms with Crippen LogP contribution in [-0.4, -0.2) is 25.5 Å². The minimum absolute atomic E-state index is 0.0279. The Morgan fingerprint density at radius 2 is 1.77 bits per heavy atom. The van der Waals surface area contributed by atoms with Crippen molar-refractivity contribution in [1.29, 1.82) is 0 Å². The molecule has 2 aliphatic carbocycles. The van der Waals surface area contributed by atoms with Gasteiger partial charge in [0.2, 0.25) is 10.0 Å². The Bertz CT molecular complexity index is 978. The normalized spacial score (nSPS) is 23.5. The van der Waals surface area contributed by atoms with Crippen LogP contribution in [0.4, 0.5) is 10.5 Å². The zero-order chi connectivity index (χ0) is 21.7. The number of urea groups is 1. The molecule has 2 amide bonds. The van der Waals surface area contributed by atoms with Crippen molar-refractivity contribution in [1.82, 2.24) is 15.0 Å². The Morgan fingerprint density at radius 1 is 1.00 bits per heavy atom. The first-order chi connectivity index (χ1) is 15.0. The van der Waals surface area contributed by atoms with E-state index in [1.807, 2.05) is 12.1 Å². The summed E-state index contributed by atoms with van der Waals surface area (Å²) in [5.41, 5.74) is 1.43. The van der Waals surface area contributed by atoms with Crippen LogP contribution < -0.4 is 15.4 Å². The zero-order valence-electron chi connectivity index (χ0n) is 17.6. The molecule has 0 aliphatic heterocycles. The fourth-order valence-electron chi connectivity index (χ4n) is 4.93. The number of amides is 2. The molecule has 0 radical (unpaired) electrons. The lowest BCUT2D eigenvalue weighted by atomic mass is 9.69. The summed E-state index contributed by atoms with van der Waals surface area (Å²) >= 11 is 0. The van der Waals surface area contributed by atoms with Crippen LogP contribution in [0.25, 0.3) is 0 Å². The molecule has 0 spiro atoms. The van der Waals surface area contributed by atoms with E-state index >= 15 is 0 Å². The second kappa shape index (κ2) is 9.78. The predicted molar refractivity (Wildman–Crippen MR) is 120 cm³/mol. The average Bonchev–Trinajstić information content (AvgIpc) is 2.79. The van der Waals surface area contributed by atoms with Crippen LogP contribution in [0, 0.1) is 11.8 Å². The van der Waals surface area contributed by atoms with E-state index in [0.717, 1.165) is 24.8 Å². The number of anilines is 1. The molecule has 4 rings (SSSR count). The van der Waals surface area contributed by atoms with Crippen molar-refractivity contribution in [2.24, 2.45) is 11.8 Å². The maximum Gasteiger partial charge on any atom is 0.319 e. The molecule has 1 heterocycles. The van der Waals surface area contributed by atoms with Crippen molar-refractivity contribution in [2.75, 3.05) is 5.32 Å². The lowest BCUT2D eigenvalue weighted by Crippen LogP contribution is -2.46. The highest BCUT2D eigenvalue weighted by Crippen LogP contribution is 2.41. The van der Waals surface area contributed by atoms with Gasteiger partial charge in [-0.1, -0.05) is 38.2 Å². The molecule has 31 heavy (non-hydrogen) atoms. The Balaban J connectivity index is 1.33. The molecule has 3 N–H and O–H groups in total. The molecule has 166 valence electrons. The summed E-state index contributed by atoms with van der Waals surface area (Å²) in [4.78, 5) is 16.3. The fraction of sp³-hybridized carbons (Fsp3) is 0.478. The number of sulfonamides is 1. The number of pyridine rings is 1. The van der Waals surface area contributed by atoms with E-state index < -0.39 is 10.0 Å². The summed E-state index contributed by atoms with van der Waals surface area (Å²) < 4.78 is 28.9. The van der Waals surface area contributed by atoms with Crippen LogP contribution in [-0.2, 0) is 16.6 Å². The molecule has 1 aromatic heterocycles. The van der Waals surface area contributed by atoms with Gasteiger partial charge in [-0.05, 0) is 60.6 Å². The van der Waals surface area contributed by atoms with E-state index in [9.17, 15) is 13.2 Å². The number of aromatic nitrogens is 1. The number of carbonyl (C=O) groups excluding carboxylic acids is 1. The van der Waals surface area contributed by atoms with Gasteiger partial charge in [-0.15, -0.1) is 0 Å². The molecular formula is C23H30N4O3S. The van der Waals surface area contributed by atoms with Gasteiger partial charge < -0.3 is 10.6 Å². The number of hydrogen-bond acceptors (Lipinski definition) is 4. The number of carbonyl (C=O) groups is 1. The van der Waals surface area contributed by atoms with Crippen LogP contribution in [0.1, 0.15) is 50.5 Å². The number of rotatable bonds is 6. The Hall–Kier alpha value is -2.45. The third-order valence-electron chi connectivity index (χ3n) is 6.48. The number of nitrogens with zero attached hydrogens (tertiary/aromatic N) is 1. The third kappa shape index (κ3) is 5.62. The minimum atomic E-state index is -3.59. The van der Waals surface area contributed by atoms with E-state index in [0.29, 0.717) is 24.1 Å². The SMILES string of the molecule is O=C(NCc1cccnc1)Nc1ccc(S(=O)(=O)NC2CCCC3CCCCC32)cc1. The van der Waals surface area contributed by atoms with Crippen LogP contribution in [0.3, 0.4) is 0 Å². The average molecular weight is 443 g/mol. The Morgan fingerprint density at radius 3 is 2.55 bits per heavy atom. The summed E-state index contributed by atoms with van der Waals surface area (Å²) in [7, 11) is -3.59. The van der Waals surface area contributed by atoms with Gasteiger partial charge in [0.15, 0.2) is 0 Å². The van der Waals surface area contributed by atoms with Gasteiger partial charge in [-0.25, -0.2) is 17.9 Å². The molecule has 0 saturated heterocycles. The molecule has 7 nitrogen and oxygen atoms in total. The van der Waals surface area contributed by atoms with Gasteiger partial charge in [-0.3, -0.25) is 4.98 Å². The van der Waals surface area contributed by atoms with E-state index in [-0.39, 0.29) is 17.0 Å². The first-order valence-corrected chi connectivity index (χ1v) is 12.6. The number of hydrogen-bond donors (Lipinski definition) is 3. The number of fused-ring (bicyclic) bond motifs is 1. The van der Waals surface area contributed by atoms with Crippen molar-refractivity contribution in [3.05, 3.63) is 54.4 Å². The second-order valence-electron chi connectivity index (χ2n) is 8.56. The Kier molecular flexibility index (Phi) is 6.87. The van der Waals surface area contributed by atoms with Gasteiger partial charge in [0.1, 0.15) is 0 Å². The van der Waals surface area contributed by atoms with E-state index in [1.54, 1.807) is 36.7 Å². The van der Waals surface area contributed by atoms with Crippen LogP contribution in [0.2, 0.25) is 0 Å². The summed E-state index contributed by atoms with van der Waals surface area (Å²) in [5.74, 6) is 1.12.